The Morgan fingerprint density at radius 2 is 2.32 bits per heavy atom. The Morgan fingerprint density at radius 1 is 1.41 bits per heavy atom. The molecule has 2 atom stereocenters. The van der Waals surface area contributed by atoms with Gasteiger partial charge in [0.1, 0.15) is 5.65 Å². The minimum Gasteiger partial charge on any atom is -0.392 e. The van der Waals surface area contributed by atoms with E-state index in [-0.39, 0.29) is 12.1 Å². The van der Waals surface area contributed by atoms with Crippen LogP contribution in [0, 0.1) is 6.92 Å². The van der Waals surface area contributed by atoms with Crippen molar-refractivity contribution in [2.75, 3.05) is 6.54 Å². The van der Waals surface area contributed by atoms with Gasteiger partial charge in [-0.1, -0.05) is 11.2 Å². The van der Waals surface area contributed by atoms with Crippen molar-refractivity contribution in [3.05, 3.63) is 48.0 Å². The Kier molecular flexibility index (Phi) is 3.16. The number of likely N-dealkylation sites (tertiary alicyclic amines) is 1. The zero-order valence-electron chi connectivity index (χ0n) is 12.3. The van der Waals surface area contributed by atoms with Gasteiger partial charge in [-0.3, -0.25) is 4.90 Å². The number of fused-ring (bicyclic) bond motifs is 1. The average molecular weight is 299 g/mol. The van der Waals surface area contributed by atoms with Gasteiger partial charge in [0.2, 0.25) is 5.89 Å². The Labute approximate surface area is 127 Å². The fraction of sp³-hybridized carbons (Fsp3) is 0.400. The first kappa shape index (κ1) is 13.4. The lowest BCUT2D eigenvalue weighted by Crippen LogP contribution is -2.25. The second-order valence-corrected chi connectivity index (χ2v) is 5.69. The number of imidazole rings is 1. The SMILES string of the molecule is Cc1noc([C@H]2C[C@@H](O)CN2Cc2cccc3nccn23)n1. The van der Waals surface area contributed by atoms with E-state index in [0.29, 0.717) is 31.2 Å². The third kappa shape index (κ3) is 2.28. The second kappa shape index (κ2) is 5.19. The van der Waals surface area contributed by atoms with Gasteiger partial charge in [-0.15, -0.1) is 0 Å². The van der Waals surface area contributed by atoms with Crippen LogP contribution in [0.2, 0.25) is 0 Å². The van der Waals surface area contributed by atoms with Crippen molar-refractivity contribution in [3.63, 3.8) is 0 Å². The van der Waals surface area contributed by atoms with E-state index in [1.165, 1.54) is 0 Å². The van der Waals surface area contributed by atoms with E-state index in [0.717, 1.165) is 11.3 Å². The summed E-state index contributed by atoms with van der Waals surface area (Å²) in [6.45, 7) is 3.09. The Hall–Kier alpha value is -2.25. The average Bonchev–Trinajstić information content (AvgIpc) is 3.19. The molecule has 0 spiro atoms. The van der Waals surface area contributed by atoms with Crippen molar-refractivity contribution in [2.24, 2.45) is 0 Å². The van der Waals surface area contributed by atoms with Gasteiger partial charge in [-0.05, 0) is 25.5 Å². The standard InChI is InChI=1S/C15H17N5O2/c1-10-17-15(22-18-10)13-7-12(21)9-19(13)8-11-3-2-4-14-16-5-6-20(11)14/h2-6,12-13,21H,7-9H2,1H3/t12-,13-/m1/s1. The molecule has 22 heavy (non-hydrogen) atoms. The van der Waals surface area contributed by atoms with E-state index < -0.39 is 0 Å². The molecule has 3 aromatic heterocycles. The molecule has 0 aliphatic carbocycles. The van der Waals surface area contributed by atoms with Crippen LogP contribution in [0.25, 0.3) is 5.65 Å². The predicted molar refractivity (Wildman–Crippen MR) is 78.0 cm³/mol. The molecule has 114 valence electrons. The van der Waals surface area contributed by atoms with E-state index in [4.69, 9.17) is 4.52 Å². The molecule has 4 rings (SSSR count). The molecule has 1 aliphatic heterocycles. The highest BCUT2D eigenvalue weighted by Crippen LogP contribution is 2.32. The number of aryl methyl sites for hydroxylation is 1. The molecule has 0 radical (unpaired) electrons. The summed E-state index contributed by atoms with van der Waals surface area (Å²) in [5.41, 5.74) is 2.03. The highest BCUT2D eigenvalue weighted by atomic mass is 16.5. The summed E-state index contributed by atoms with van der Waals surface area (Å²) in [6.07, 6.45) is 3.97. The number of pyridine rings is 1. The van der Waals surface area contributed by atoms with Gasteiger partial charge in [-0.25, -0.2) is 4.98 Å². The number of aliphatic hydroxyl groups is 1. The summed E-state index contributed by atoms with van der Waals surface area (Å²) in [4.78, 5) is 10.8. The van der Waals surface area contributed by atoms with Gasteiger partial charge in [-0.2, -0.15) is 4.98 Å². The normalized spacial score (nSPS) is 22.6. The van der Waals surface area contributed by atoms with Crippen LogP contribution >= 0.6 is 0 Å². The van der Waals surface area contributed by atoms with Gasteiger partial charge in [0.25, 0.3) is 0 Å². The zero-order valence-corrected chi connectivity index (χ0v) is 12.3. The van der Waals surface area contributed by atoms with Crippen LogP contribution in [0.15, 0.2) is 35.1 Å². The maximum absolute atomic E-state index is 10.0. The molecule has 0 bridgehead atoms. The first-order valence-electron chi connectivity index (χ1n) is 7.34. The molecule has 1 N–H and O–H groups in total. The fourth-order valence-electron chi connectivity index (χ4n) is 3.10. The van der Waals surface area contributed by atoms with Crippen LogP contribution in [0.3, 0.4) is 0 Å². The summed E-state index contributed by atoms with van der Waals surface area (Å²) in [6, 6.07) is 5.99. The lowest BCUT2D eigenvalue weighted by molar-refractivity contribution is 0.168. The summed E-state index contributed by atoms with van der Waals surface area (Å²) < 4.78 is 7.36. The van der Waals surface area contributed by atoms with Crippen molar-refractivity contribution in [1.82, 2.24) is 24.4 Å². The van der Waals surface area contributed by atoms with Crippen LogP contribution in [0.4, 0.5) is 0 Å². The van der Waals surface area contributed by atoms with Gasteiger partial charge in [0, 0.05) is 31.2 Å². The topological polar surface area (TPSA) is 79.7 Å². The third-order valence-electron chi connectivity index (χ3n) is 4.09. The summed E-state index contributed by atoms with van der Waals surface area (Å²) in [5, 5.41) is 13.9. The largest absolute Gasteiger partial charge is 0.392 e. The van der Waals surface area contributed by atoms with Crippen LogP contribution in [-0.4, -0.2) is 42.2 Å². The van der Waals surface area contributed by atoms with Crippen LogP contribution < -0.4 is 0 Å². The lowest BCUT2D eigenvalue weighted by atomic mass is 10.2. The summed E-state index contributed by atoms with van der Waals surface area (Å²) in [5.74, 6) is 1.19. The molecular formula is C15H17N5O2. The smallest absolute Gasteiger partial charge is 0.244 e. The van der Waals surface area contributed by atoms with Crippen LogP contribution in [-0.2, 0) is 6.54 Å². The Morgan fingerprint density at radius 3 is 3.14 bits per heavy atom. The first-order valence-corrected chi connectivity index (χ1v) is 7.34. The number of hydrogen-bond donors (Lipinski definition) is 1. The van der Waals surface area contributed by atoms with Gasteiger partial charge in [0.05, 0.1) is 12.1 Å². The van der Waals surface area contributed by atoms with Crippen molar-refractivity contribution in [1.29, 1.82) is 0 Å². The Balaban J connectivity index is 1.64. The third-order valence-corrected chi connectivity index (χ3v) is 4.09. The summed E-state index contributed by atoms with van der Waals surface area (Å²) in [7, 11) is 0. The number of rotatable bonds is 3. The minimum atomic E-state index is -0.376. The van der Waals surface area contributed by atoms with E-state index in [1.54, 1.807) is 13.1 Å². The number of nitrogens with zero attached hydrogens (tertiary/aromatic N) is 5. The van der Waals surface area contributed by atoms with Crippen LogP contribution in [0.1, 0.15) is 29.9 Å². The van der Waals surface area contributed by atoms with Crippen molar-refractivity contribution < 1.29 is 9.63 Å². The second-order valence-electron chi connectivity index (χ2n) is 5.69. The number of aromatic nitrogens is 4. The van der Waals surface area contributed by atoms with Crippen molar-refractivity contribution in [2.45, 2.75) is 32.0 Å². The number of hydrogen-bond acceptors (Lipinski definition) is 6. The van der Waals surface area contributed by atoms with Crippen molar-refractivity contribution >= 4 is 5.65 Å². The highest BCUT2D eigenvalue weighted by Gasteiger charge is 2.35. The summed E-state index contributed by atoms with van der Waals surface area (Å²) >= 11 is 0. The molecule has 0 amide bonds. The Bertz CT molecular complexity index is 796. The molecule has 0 aromatic carbocycles. The maximum Gasteiger partial charge on any atom is 0.244 e. The van der Waals surface area contributed by atoms with E-state index in [2.05, 4.69) is 30.5 Å². The first-order chi connectivity index (χ1) is 10.7. The van der Waals surface area contributed by atoms with Crippen LogP contribution in [0.5, 0.6) is 0 Å². The molecule has 0 saturated carbocycles. The monoisotopic (exact) mass is 299 g/mol. The van der Waals surface area contributed by atoms with Gasteiger partial charge < -0.3 is 14.0 Å². The quantitative estimate of drug-likeness (QED) is 0.786. The highest BCUT2D eigenvalue weighted by molar-refractivity contribution is 5.39. The van der Waals surface area contributed by atoms with E-state index >= 15 is 0 Å². The minimum absolute atomic E-state index is 0.0463. The molecule has 0 unspecified atom stereocenters. The maximum atomic E-state index is 10.0. The van der Waals surface area contributed by atoms with Crippen molar-refractivity contribution in [3.8, 4) is 0 Å². The zero-order chi connectivity index (χ0) is 15.1. The number of aliphatic hydroxyl groups excluding tert-OH is 1. The molecule has 4 heterocycles. The van der Waals surface area contributed by atoms with E-state index in [9.17, 15) is 5.11 Å². The molecule has 1 aliphatic rings. The molecule has 1 saturated heterocycles. The molecule has 1 fully saturated rings. The molecular weight excluding hydrogens is 282 g/mol. The molecule has 7 nitrogen and oxygen atoms in total. The number of β-amino-alcohol motifs (C(OH)–C–C–N with tert-alkyl or cyclic N) is 1. The van der Waals surface area contributed by atoms with Gasteiger partial charge >= 0.3 is 0 Å². The molecule has 7 heteroatoms. The predicted octanol–water partition coefficient (Wildman–Crippen LogP) is 1.33. The lowest BCUT2D eigenvalue weighted by Gasteiger charge is -2.21. The molecule has 3 aromatic rings. The van der Waals surface area contributed by atoms with Gasteiger partial charge in [0.15, 0.2) is 5.82 Å². The van der Waals surface area contributed by atoms with E-state index in [1.807, 2.05) is 18.3 Å². The fourth-order valence-corrected chi connectivity index (χ4v) is 3.10.